The van der Waals surface area contributed by atoms with Gasteiger partial charge in [-0.2, -0.15) is 0 Å². The van der Waals surface area contributed by atoms with E-state index in [1.807, 2.05) is 0 Å². The minimum atomic E-state index is -3.79. The van der Waals surface area contributed by atoms with Gasteiger partial charge in [0.25, 0.3) is 15.9 Å². The number of hydrogen-bond acceptors (Lipinski definition) is 5. The molecule has 0 bridgehead atoms. The van der Waals surface area contributed by atoms with Crippen LogP contribution < -0.4 is 9.62 Å². The molecule has 3 rings (SSSR count). The predicted molar refractivity (Wildman–Crippen MR) is 108 cm³/mol. The molecular weight excluding hydrogens is 400 g/mol. The number of anilines is 2. The van der Waals surface area contributed by atoms with Gasteiger partial charge >= 0.3 is 5.97 Å². The summed E-state index contributed by atoms with van der Waals surface area (Å²) in [6, 6.07) is 15.6. The quantitative estimate of drug-likeness (QED) is 0.640. The molecule has 3 aromatic rings. The van der Waals surface area contributed by atoms with E-state index in [1.165, 1.54) is 42.8 Å². The first-order valence-electron chi connectivity index (χ1n) is 8.06. The molecule has 0 unspecified atom stereocenters. The molecule has 0 saturated heterocycles. The van der Waals surface area contributed by atoms with Crippen LogP contribution in [0.3, 0.4) is 0 Å². The van der Waals surface area contributed by atoms with Gasteiger partial charge in [-0.15, -0.1) is 11.3 Å². The maximum Gasteiger partial charge on any atom is 0.335 e. The second-order valence-electron chi connectivity index (χ2n) is 5.79. The summed E-state index contributed by atoms with van der Waals surface area (Å²) in [7, 11) is -2.34. The zero-order chi connectivity index (χ0) is 20.3. The molecule has 1 amide bonds. The molecule has 0 spiro atoms. The van der Waals surface area contributed by atoms with Crippen molar-refractivity contribution in [1.82, 2.24) is 0 Å². The van der Waals surface area contributed by atoms with Gasteiger partial charge < -0.3 is 10.4 Å². The Hall–Kier alpha value is -3.17. The lowest BCUT2D eigenvalue weighted by Crippen LogP contribution is -2.26. The van der Waals surface area contributed by atoms with Crippen LogP contribution in [0, 0.1) is 0 Å². The number of carbonyl (C=O) groups is 2. The van der Waals surface area contributed by atoms with Gasteiger partial charge in [-0.3, -0.25) is 9.10 Å². The van der Waals surface area contributed by atoms with Crippen molar-refractivity contribution >= 4 is 44.6 Å². The number of hydrogen-bond donors (Lipinski definition) is 2. The number of nitrogens with one attached hydrogen (secondary N) is 1. The molecule has 0 aliphatic carbocycles. The largest absolute Gasteiger partial charge is 0.478 e. The SMILES string of the molecule is CN(c1ccccc1)S(=O)(=O)c1csc(C(=O)Nc2ccc(C(=O)O)cc2)c1. The van der Waals surface area contributed by atoms with Crippen molar-refractivity contribution in [3.8, 4) is 0 Å². The molecule has 0 aliphatic rings. The number of carboxylic acid groups (broad SMARTS) is 1. The van der Waals surface area contributed by atoms with E-state index in [0.717, 1.165) is 15.6 Å². The van der Waals surface area contributed by atoms with E-state index in [2.05, 4.69) is 5.32 Å². The molecule has 0 fully saturated rings. The van der Waals surface area contributed by atoms with Crippen molar-refractivity contribution in [1.29, 1.82) is 0 Å². The van der Waals surface area contributed by atoms with Gasteiger partial charge in [-0.25, -0.2) is 13.2 Å². The van der Waals surface area contributed by atoms with E-state index in [0.29, 0.717) is 11.4 Å². The van der Waals surface area contributed by atoms with Gasteiger partial charge in [-0.05, 0) is 42.5 Å². The third-order valence-corrected chi connectivity index (χ3v) is 6.81. The molecule has 144 valence electrons. The first-order valence-corrected chi connectivity index (χ1v) is 10.4. The molecule has 1 aromatic heterocycles. The molecule has 2 aromatic carbocycles. The van der Waals surface area contributed by atoms with Crippen molar-refractivity contribution < 1.29 is 23.1 Å². The maximum atomic E-state index is 12.8. The van der Waals surface area contributed by atoms with Gasteiger partial charge in [0.15, 0.2) is 0 Å². The number of para-hydroxylation sites is 1. The topological polar surface area (TPSA) is 104 Å². The molecule has 7 nitrogen and oxygen atoms in total. The standard InChI is InChI=1S/C19H16N2O5S2/c1-21(15-5-3-2-4-6-15)28(25,26)16-11-17(27-12-16)18(22)20-14-9-7-13(8-10-14)19(23)24/h2-12H,1H3,(H,20,22)(H,23,24). The van der Waals surface area contributed by atoms with Crippen LogP contribution in [-0.4, -0.2) is 32.4 Å². The lowest BCUT2D eigenvalue weighted by Gasteiger charge is -2.18. The molecular formula is C19H16N2O5S2. The summed E-state index contributed by atoms with van der Waals surface area (Å²) in [5, 5.41) is 12.9. The number of carboxylic acids is 1. The zero-order valence-corrected chi connectivity index (χ0v) is 16.3. The smallest absolute Gasteiger partial charge is 0.335 e. The molecule has 0 saturated carbocycles. The summed E-state index contributed by atoms with van der Waals surface area (Å²) in [5.41, 5.74) is 1.03. The molecule has 28 heavy (non-hydrogen) atoms. The van der Waals surface area contributed by atoms with E-state index < -0.39 is 21.9 Å². The Bertz CT molecular complexity index is 1110. The Kier molecular flexibility index (Phi) is 5.48. The predicted octanol–water partition coefficient (Wildman–Crippen LogP) is 3.52. The third-order valence-electron chi connectivity index (χ3n) is 3.97. The van der Waals surface area contributed by atoms with Gasteiger partial charge in [-0.1, -0.05) is 18.2 Å². The van der Waals surface area contributed by atoms with Crippen molar-refractivity contribution in [3.63, 3.8) is 0 Å². The number of amides is 1. The van der Waals surface area contributed by atoms with Crippen LogP contribution >= 0.6 is 11.3 Å². The van der Waals surface area contributed by atoms with Crippen LogP contribution in [0.2, 0.25) is 0 Å². The average molecular weight is 416 g/mol. The van der Waals surface area contributed by atoms with Crippen LogP contribution in [0.25, 0.3) is 0 Å². The lowest BCUT2D eigenvalue weighted by molar-refractivity contribution is 0.0696. The summed E-state index contributed by atoms with van der Waals surface area (Å²) in [6.07, 6.45) is 0. The third kappa shape index (κ3) is 4.05. The van der Waals surface area contributed by atoms with Crippen LogP contribution in [0.4, 0.5) is 11.4 Å². The normalized spacial score (nSPS) is 11.0. The maximum absolute atomic E-state index is 12.8. The zero-order valence-electron chi connectivity index (χ0n) is 14.7. The Morgan fingerprint density at radius 1 is 1.04 bits per heavy atom. The summed E-state index contributed by atoms with van der Waals surface area (Å²) in [6.45, 7) is 0. The Morgan fingerprint density at radius 3 is 2.29 bits per heavy atom. The molecule has 0 radical (unpaired) electrons. The molecule has 1 heterocycles. The highest BCUT2D eigenvalue weighted by molar-refractivity contribution is 7.93. The van der Waals surface area contributed by atoms with Crippen molar-refractivity contribution in [2.24, 2.45) is 0 Å². The fourth-order valence-electron chi connectivity index (χ4n) is 2.40. The lowest BCUT2D eigenvalue weighted by atomic mass is 10.2. The first kappa shape index (κ1) is 19.6. The number of benzene rings is 2. The van der Waals surface area contributed by atoms with Gasteiger partial charge in [0.1, 0.15) is 0 Å². The highest BCUT2D eigenvalue weighted by atomic mass is 32.2. The molecule has 2 N–H and O–H groups in total. The van der Waals surface area contributed by atoms with Crippen molar-refractivity contribution in [2.75, 3.05) is 16.7 Å². The summed E-state index contributed by atoms with van der Waals surface area (Å²) in [4.78, 5) is 23.5. The Morgan fingerprint density at radius 2 is 1.68 bits per heavy atom. The highest BCUT2D eigenvalue weighted by Gasteiger charge is 2.24. The summed E-state index contributed by atoms with van der Waals surface area (Å²) >= 11 is 1.01. The monoisotopic (exact) mass is 416 g/mol. The fourth-order valence-corrected chi connectivity index (χ4v) is 4.75. The number of nitrogens with zero attached hydrogens (tertiary/aromatic N) is 1. The number of thiophene rings is 1. The van der Waals surface area contributed by atoms with E-state index in [9.17, 15) is 18.0 Å². The second-order valence-corrected chi connectivity index (χ2v) is 8.67. The van der Waals surface area contributed by atoms with Gasteiger partial charge in [0.05, 0.1) is 21.0 Å². The van der Waals surface area contributed by atoms with E-state index in [-0.39, 0.29) is 15.3 Å². The highest BCUT2D eigenvalue weighted by Crippen LogP contribution is 2.26. The molecule has 9 heteroatoms. The van der Waals surface area contributed by atoms with Crippen LogP contribution in [0.5, 0.6) is 0 Å². The fraction of sp³-hybridized carbons (Fsp3) is 0.0526. The van der Waals surface area contributed by atoms with Gasteiger partial charge in [0.2, 0.25) is 0 Å². The van der Waals surface area contributed by atoms with E-state index in [4.69, 9.17) is 5.11 Å². The number of sulfonamides is 1. The molecule has 0 atom stereocenters. The van der Waals surface area contributed by atoms with Gasteiger partial charge in [0, 0.05) is 18.1 Å². The average Bonchev–Trinajstić information content (AvgIpc) is 3.20. The van der Waals surface area contributed by atoms with Crippen molar-refractivity contribution in [3.05, 3.63) is 76.5 Å². The van der Waals surface area contributed by atoms with Crippen molar-refractivity contribution in [2.45, 2.75) is 4.90 Å². The van der Waals surface area contributed by atoms with Crippen LogP contribution in [0.1, 0.15) is 20.0 Å². The summed E-state index contributed by atoms with van der Waals surface area (Å²) < 4.78 is 26.7. The van der Waals surface area contributed by atoms with E-state index >= 15 is 0 Å². The number of rotatable bonds is 6. The minimum absolute atomic E-state index is 0.0234. The second kappa shape index (κ2) is 7.83. The van der Waals surface area contributed by atoms with Crippen LogP contribution in [-0.2, 0) is 10.0 Å². The number of carbonyl (C=O) groups excluding carboxylic acids is 1. The van der Waals surface area contributed by atoms with E-state index in [1.54, 1.807) is 30.3 Å². The number of aromatic carboxylic acids is 1. The van der Waals surface area contributed by atoms with Crippen LogP contribution in [0.15, 0.2) is 70.9 Å². The first-order chi connectivity index (χ1) is 13.3. The molecule has 0 aliphatic heterocycles. The Labute approximate surface area is 165 Å². The summed E-state index contributed by atoms with van der Waals surface area (Å²) in [5.74, 6) is -1.54. The Balaban J connectivity index is 1.77. The minimum Gasteiger partial charge on any atom is -0.478 e.